The molecule has 0 radical (unpaired) electrons. The van der Waals surface area contributed by atoms with Crippen LogP contribution in [0.15, 0.2) is 16.5 Å². The second-order valence-electron chi connectivity index (χ2n) is 4.07. The van der Waals surface area contributed by atoms with Crippen LogP contribution in [0.25, 0.3) is 0 Å². The summed E-state index contributed by atoms with van der Waals surface area (Å²) >= 11 is 0. The fourth-order valence-electron chi connectivity index (χ4n) is 2.17. The maximum atomic E-state index is 5.99. The maximum absolute atomic E-state index is 5.99. The van der Waals surface area contributed by atoms with Gasteiger partial charge in [0.05, 0.1) is 0 Å². The van der Waals surface area contributed by atoms with E-state index >= 15 is 0 Å². The average Bonchev–Trinajstić information content (AvgIpc) is 2.64. The first kappa shape index (κ1) is 8.82. The monoisotopic (exact) mass is 179 g/mol. The molecular formula is C11H17NO. The lowest BCUT2D eigenvalue weighted by Gasteiger charge is -2.12. The van der Waals surface area contributed by atoms with Crippen LogP contribution in [-0.4, -0.2) is 6.04 Å². The lowest BCUT2D eigenvalue weighted by atomic mass is 9.99. The summed E-state index contributed by atoms with van der Waals surface area (Å²) in [6, 6.07) is 4.49. The molecule has 0 aliphatic heterocycles. The minimum absolute atomic E-state index is 0.394. The Balaban J connectivity index is 1.97. The summed E-state index contributed by atoms with van der Waals surface area (Å²) in [5.41, 5.74) is 5.99. The summed E-state index contributed by atoms with van der Waals surface area (Å²) in [6.45, 7) is 1.98. The van der Waals surface area contributed by atoms with Crippen LogP contribution < -0.4 is 5.73 Å². The van der Waals surface area contributed by atoms with Gasteiger partial charge in [-0.05, 0) is 37.8 Å². The highest BCUT2D eigenvalue weighted by Gasteiger charge is 2.24. The normalized spacial score (nSPS) is 28.2. The minimum Gasteiger partial charge on any atom is -0.466 e. The van der Waals surface area contributed by atoms with E-state index in [9.17, 15) is 0 Å². The lowest BCUT2D eigenvalue weighted by molar-refractivity contribution is 0.406. The molecule has 0 unspecified atom stereocenters. The van der Waals surface area contributed by atoms with E-state index < -0.39 is 0 Å². The van der Waals surface area contributed by atoms with E-state index in [1.54, 1.807) is 0 Å². The minimum atomic E-state index is 0.394. The maximum Gasteiger partial charge on any atom is 0.104 e. The van der Waals surface area contributed by atoms with Crippen molar-refractivity contribution in [2.75, 3.05) is 0 Å². The van der Waals surface area contributed by atoms with Crippen molar-refractivity contribution in [2.24, 2.45) is 11.7 Å². The number of rotatable bonds is 2. The van der Waals surface area contributed by atoms with Crippen molar-refractivity contribution in [3.63, 3.8) is 0 Å². The van der Waals surface area contributed by atoms with E-state index in [1.165, 1.54) is 19.3 Å². The van der Waals surface area contributed by atoms with E-state index in [4.69, 9.17) is 10.2 Å². The molecule has 1 aromatic heterocycles. The van der Waals surface area contributed by atoms with Gasteiger partial charge in [-0.2, -0.15) is 0 Å². The first-order valence-electron chi connectivity index (χ1n) is 5.06. The summed E-state index contributed by atoms with van der Waals surface area (Å²) in [4.78, 5) is 0. The highest BCUT2D eigenvalue weighted by molar-refractivity contribution is 5.07. The van der Waals surface area contributed by atoms with Crippen LogP contribution in [0.4, 0.5) is 0 Å². The Kier molecular flexibility index (Phi) is 2.40. The predicted octanol–water partition coefficient (Wildman–Crippen LogP) is 2.26. The first-order valence-corrected chi connectivity index (χ1v) is 5.06. The molecule has 1 fully saturated rings. The molecule has 0 saturated heterocycles. The third kappa shape index (κ3) is 1.94. The third-order valence-corrected chi connectivity index (χ3v) is 2.98. The summed E-state index contributed by atoms with van der Waals surface area (Å²) in [5.74, 6) is 2.74. The van der Waals surface area contributed by atoms with Crippen LogP contribution in [-0.2, 0) is 6.42 Å². The zero-order valence-corrected chi connectivity index (χ0v) is 8.12. The van der Waals surface area contributed by atoms with E-state index in [-0.39, 0.29) is 0 Å². The van der Waals surface area contributed by atoms with E-state index in [0.717, 1.165) is 17.9 Å². The zero-order valence-electron chi connectivity index (χ0n) is 8.12. The second-order valence-corrected chi connectivity index (χ2v) is 4.07. The highest BCUT2D eigenvalue weighted by atomic mass is 16.3. The Labute approximate surface area is 79.1 Å². The molecule has 1 aliphatic carbocycles. The molecule has 0 amide bonds. The molecule has 0 bridgehead atoms. The van der Waals surface area contributed by atoms with Gasteiger partial charge in [0.1, 0.15) is 11.5 Å². The molecule has 13 heavy (non-hydrogen) atoms. The van der Waals surface area contributed by atoms with Gasteiger partial charge in [-0.3, -0.25) is 0 Å². The van der Waals surface area contributed by atoms with E-state index in [0.29, 0.717) is 12.0 Å². The van der Waals surface area contributed by atoms with Crippen molar-refractivity contribution < 1.29 is 4.42 Å². The van der Waals surface area contributed by atoms with Gasteiger partial charge in [0.25, 0.3) is 0 Å². The fraction of sp³-hybridized carbons (Fsp3) is 0.636. The van der Waals surface area contributed by atoms with Crippen molar-refractivity contribution in [1.82, 2.24) is 0 Å². The average molecular weight is 179 g/mol. The number of aryl methyl sites for hydroxylation is 1. The van der Waals surface area contributed by atoms with Gasteiger partial charge in [-0.25, -0.2) is 0 Å². The molecule has 2 heteroatoms. The first-order chi connectivity index (χ1) is 6.25. The van der Waals surface area contributed by atoms with Crippen LogP contribution >= 0.6 is 0 Å². The molecular weight excluding hydrogens is 162 g/mol. The van der Waals surface area contributed by atoms with Gasteiger partial charge in [0.2, 0.25) is 0 Å². The Morgan fingerprint density at radius 3 is 2.85 bits per heavy atom. The Morgan fingerprint density at radius 2 is 2.31 bits per heavy atom. The second kappa shape index (κ2) is 3.54. The smallest absolute Gasteiger partial charge is 0.104 e. The van der Waals surface area contributed by atoms with Crippen LogP contribution in [0.2, 0.25) is 0 Å². The topological polar surface area (TPSA) is 39.2 Å². The van der Waals surface area contributed by atoms with Gasteiger partial charge in [-0.15, -0.1) is 0 Å². The third-order valence-electron chi connectivity index (χ3n) is 2.98. The Hall–Kier alpha value is -0.760. The van der Waals surface area contributed by atoms with Crippen molar-refractivity contribution in [3.8, 4) is 0 Å². The van der Waals surface area contributed by atoms with E-state index in [2.05, 4.69) is 6.07 Å². The van der Waals surface area contributed by atoms with Crippen molar-refractivity contribution >= 4 is 0 Å². The van der Waals surface area contributed by atoms with E-state index in [1.807, 2.05) is 13.0 Å². The Bertz CT molecular complexity index is 279. The fourth-order valence-corrected chi connectivity index (χ4v) is 2.17. The van der Waals surface area contributed by atoms with Crippen molar-refractivity contribution in [2.45, 2.75) is 38.6 Å². The van der Waals surface area contributed by atoms with Crippen LogP contribution in [0.1, 0.15) is 30.8 Å². The largest absolute Gasteiger partial charge is 0.466 e. The molecule has 1 saturated carbocycles. The molecule has 1 heterocycles. The number of furan rings is 1. The van der Waals surface area contributed by atoms with Crippen LogP contribution in [0.3, 0.4) is 0 Å². The SMILES string of the molecule is Cc1ccc(C[C@@H]2CCC[C@H]2N)o1. The van der Waals surface area contributed by atoms with Gasteiger partial charge in [0.15, 0.2) is 0 Å². The molecule has 72 valence electrons. The van der Waals surface area contributed by atoms with Gasteiger partial charge >= 0.3 is 0 Å². The van der Waals surface area contributed by atoms with Gasteiger partial charge in [0, 0.05) is 12.5 Å². The van der Waals surface area contributed by atoms with Crippen LogP contribution in [0.5, 0.6) is 0 Å². The van der Waals surface area contributed by atoms with Crippen molar-refractivity contribution in [1.29, 1.82) is 0 Å². The number of hydrogen-bond acceptors (Lipinski definition) is 2. The summed E-state index contributed by atoms with van der Waals surface area (Å²) in [5, 5.41) is 0. The molecule has 0 aromatic carbocycles. The van der Waals surface area contributed by atoms with Crippen LogP contribution in [0, 0.1) is 12.8 Å². The molecule has 2 nitrogen and oxygen atoms in total. The zero-order chi connectivity index (χ0) is 9.26. The molecule has 2 atom stereocenters. The highest BCUT2D eigenvalue weighted by Crippen LogP contribution is 2.27. The lowest BCUT2D eigenvalue weighted by Crippen LogP contribution is -2.25. The molecule has 1 aromatic rings. The number of hydrogen-bond donors (Lipinski definition) is 1. The molecule has 2 N–H and O–H groups in total. The Morgan fingerprint density at radius 1 is 1.46 bits per heavy atom. The standard InChI is InChI=1S/C11H17NO/c1-8-5-6-10(13-8)7-9-3-2-4-11(9)12/h5-6,9,11H,2-4,7,12H2,1H3/t9-,11+/m0/s1. The summed E-state index contributed by atoms with van der Waals surface area (Å²) in [6.07, 6.45) is 4.76. The predicted molar refractivity (Wildman–Crippen MR) is 52.5 cm³/mol. The number of nitrogens with two attached hydrogens (primary N) is 1. The summed E-state index contributed by atoms with van der Waals surface area (Å²) in [7, 11) is 0. The van der Waals surface area contributed by atoms with Gasteiger partial charge < -0.3 is 10.2 Å². The molecule has 0 spiro atoms. The van der Waals surface area contributed by atoms with Gasteiger partial charge in [-0.1, -0.05) is 6.42 Å². The quantitative estimate of drug-likeness (QED) is 0.756. The molecule has 2 rings (SSSR count). The molecule has 1 aliphatic rings. The van der Waals surface area contributed by atoms with Crippen molar-refractivity contribution in [3.05, 3.63) is 23.7 Å². The summed E-state index contributed by atoms with van der Waals surface area (Å²) < 4.78 is 5.54.